The van der Waals surface area contributed by atoms with Crippen LogP contribution in [0.5, 0.6) is 5.75 Å². The predicted octanol–water partition coefficient (Wildman–Crippen LogP) is 2.06. The average Bonchev–Trinajstić information content (AvgIpc) is 2.47. The molecule has 0 bridgehead atoms. The molecule has 0 saturated carbocycles. The van der Waals surface area contributed by atoms with Crippen molar-refractivity contribution in [2.75, 3.05) is 32.8 Å². The number of nitrogens with zero attached hydrogens (tertiary/aromatic N) is 2. The third kappa shape index (κ3) is 5.17. The number of rotatable bonds is 7. The van der Waals surface area contributed by atoms with Gasteiger partial charge < -0.3 is 10.1 Å². The van der Waals surface area contributed by atoms with Crippen molar-refractivity contribution in [1.29, 1.82) is 0 Å². The molecule has 0 aliphatic carbocycles. The summed E-state index contributed by atoms with van der Waals surface area (Å²) in [5.74, 6) is 0.930. The molecule has 0 atom stereocenters. The molecular formula is C15H25N3O. The molecule has 2 heterocycles. The van der Waals surface area contributed by atoms with E-state index in [1.165, 1.54) is 32.4 Å². The van der Waals surface area contributed by atoms with Crippen molar-refractivity contribution in [2.24, 2.45) is 0 Å². The van der Waals surface area contributed by atoms with E-state index in [-0.39, 0.29) is 0 Å². The summed E-state index contributed by atoms with van der Waals surface area (Å²) in [5, 5.41) is 3.27. The van der Waals surface area contributed by atoms with Crippen molar-refractivity contribution in [1.82, 2.24) is 15.2 Å². The van der Waals surface area contributed by atoms with E-state index < -0.39 is 0 Å². The standard InChI is InChI=1S/C15H25N3O/c1-2-16-13-14-12-15(6-7-17-14)19-11-10-18-8-4-3-5-9-18/h6-7,12,16H,2-5,8-11,13H2,1H3. The van der Waals surface area contributed by atoms with E-state index in [2.05, 4.69) is 22.1 Å². The van der Waals surface area contributed by atoms with E-state index in [0.29, 0.717) is 0 Å². The highest BCUT2D eigenvalue weighted by molar-refractivity contribution is 5.22. The second-order valence-electron chi connectivity index (χ2n) is 5.01. The van der Waals surface area contributed by atoms with Gasteiger partial charge in [0.25, 0.3) is 0 Å². The molecule has 1 aliphatic rings. The van der Waals surface area contributed by atoms with E-state index >= 15 is 0 Å². The zero-order valence-corrected chi connectivity index (χ0v) is 11.9. The minimum absolute atomic E-state index is 0.769. The van der Waals surface area contributed by atoms with Crippen LogP contribution in [0.2, 0.25) is 0 Å². The Hall–Kier alpha value is -1.13. The Morgan fingerprint density at radius 2 is 2.16 bits per heavy atom. The summed E-state index contributed by atoms with van der Waals surface area (Å²) in [5.41, 5.74) is 1.04. The van der Waals surface area contributed by atoms with Crippen molar-refractivity contribution in [3.63, 3.8) is 0 Å². The van der Waals surface area contributed by atoms with Gasteiger partial charge >= 0.3 is 0 Å². The fourth-order valence-corrected chi connectivity index (χ4v) is 2.37. The first-order chi connectivity index (χ1) is 9.38. The molecule has 1 N–H and O–H groups in total. The number of aromatic nitrogens is 1. The van der Waals surface area contributed by atoms with Crippen molar-refractivity contribution < 1.29 is 4.74 Å². The van der Waals surface area contributed by atoms with Crippen LogP contribution >= 0.6 is 0 Å². The largest absolute Gasteiger partial charge is 0.492 e. The summed E-state index contributed by atoms with van der Waals surface area (Å²) in [6, 6.07) is 3.96. The Morgan fingerprint density at radius 3 is 2.95 bits per heavy atom. The molecule has 1 aliphatic heterocycles. The second kappa shape index (κ2) is 8.12. The van der Waals surface area contributed by atoms with E-state index in [0.717, 1.165) is 37.7 Å². The van der Waals surface area contributed by atoms with Crippen LogP contribution < -0.4 is 10.1 Å². The molecule has 1 aromatic heterocycles. The zero-order chi connectivity index (χ0) is 13.3. The maximum atomic E-state index is 5.82. The molecule has 0 unspecified atom stereocenters. The number of hydrogen-bond donors (Lipinski definition) is 1. The Kier molecular flexibility index (Phi) is 6.11. The topological polar surface area (TPSA) is 37.4 Å². The fraction of sp³-hybridized carbons (Fsp3) is 0.667. The predicted molar refractivity (Wildman–Crippen MR) is 77.4 cm³/mol. The van der Waals surface area contributed by atoms with Crippen LogP contribution in [0.1, 0.15) is 31.9 Å². The summed E-state index contributed by atoms with van der Waals surface area (Å²) in [6.07, 6.45) is 5.88. The molecule has 2 rings (SSSR count). The van der Waals surface area contributed by atoms with Crippen LogP contribution in [0.25, 0.3) is 0 Å². The van der Waals surface area contributed by atoms with Gasteiger partial charge in [-0.15, -0.1) is 0 Å². The smallest absolute Gasteiger partial charge is 0.122 e. The maximum Gasteiger partial charge on any atom is 0.122 e. The minimum atomic E-state index is 0.769. The van der Waals surface area contributed by atoms with Gasteiger partial charge in [-0.3, -0.25) is 9.88 Å². The second-order valence-corrected chi connectivity index (χ2v) is 5.01. The summed E-state index contributed by atoms with van der Waals surface area (Å²) in [4.78, 5) is 6.81. The number of nitrogens with one attached hydrogen (secondary N) is 1. The first kappa shape index (κ1) is 14.3. The summed E-state index contributed by atoms with van der Waals surface area (Å²) < 4.78 is 5.82. The molecule has 1 aromatic rings. The molecule has 4 heteroatoms. The molecular weight excluding hydrogens is 238 g/mol. The van der Waals surface area contributed by atoms with E-state index in [1.54, 1.807) is 0 Å². The van der Waals surface area contributed by atoms with Crippen LogP contribution in [0.3, 0.4) is 0 Å². The highest BCUT2D eigenvalue weighted by Gasteiger charge is 2.09. The van der Waals surface area contributed by atoms with E-state index in [9.17, 15) is 0 Å². The van der Waals surface area contributed by atoms with Crippen molar-refractivity contribution in [3.05, 3.63) is 24.0 Å². The molecule has 0 spiro atoms. The number of likely N-dealkylation sites (tertiary alicyclic amines) is 1. The highest BCUT2D eigenvalue weighted by atomic mass is 16.5. The van der Waals surface area contributed by atoms with Gasteiger partial charge in [-0.05, 0) is 38.5 Å². The van der Waals surface area contributed by atoms with Gasteiger partial charge in [0, 0.05) is 25.4 Å². The third-order valence-corrected chi connectivity index (χ3v) is 3.47. The fourth-order valence-electron chi connectivity index (χ4n) is 2.37. The Labute approximate surface area is 116 Å². The first-order valence-corrected chi connectivity index (χ1v) is 7.39. The number of pyridine rings is 1. The van der Waals surface area contributed by atoms with E-state index in [4.69, 9.17) is 4.74 Å². The van der Waals surface area contributed by atoms with Crippen molar-refractivity contribution in [3.8, 4) is 5.75 Å². The van der Waals surface area contributed by atoms with Gasteiger partial charge in [0.2, 0.25) is 0 Å². The summed E-state index contributed by atoms with van der Waals surface area (Å²) in [7, 11) is 0. The van der Waals surface area contributed by atoms with Crippen LogP contribution in [-0.4, -0.2) is 42.7 Å². The molecule has 0 amide bonds. The molecule has 4 nitrogen and oxygen atoms in total. The van der Waals surface area contributed by atoms with Crippen LogP contribution in [-0.2, 0) is 6.54 Å². The summed E-state index contributed by atoms with van der Waals surface area (Å²) >= 11 is 0. The van der Waals surface area contributed by atoms with E-state index in [1.807, 2.05) is 18.3 Å². The lowest BCUT2D eigenvalue weighted by atomic mass is 10.1. The zero-order valence-electron chi connectivity index (χ0n) is 11.9. The minimum Gasteiger partial charge on any atom is -0.492 e. The lowest BCUT2D eigenvalue weighted by Gasteiger charge is -2.26. The quantitative estimate of drug-likeness (QED) is 0.817. The molecule has 19 heavy (non-hydrogen) atoms. The van der Waals surface area contributed by atoms with Gasteiger partial charge in [0.05, 0.1) is 5.69 Å². The molecule has 0 aromatic carbocycles. The van der Waals surface area contributed by atoms with Crippen molar-refractivity contribution >= 4 is 0 Å². The molecule has 1 fully saturated rings. The normalized spacial score (nSPS) is 16.5. The van der Waals surface area contributed by atoms with Gasteiger partial charge in [0.1, 0.15) is 12.4 Å². The molecule has 0 radical (unpaired) electrons. The highest BCUT2D eigenvalue weighted by Crippen LogP contribution is 2.12. The Balaban J connectivity index is 1.72. The van der Waals surface area contributed by atoms with Crippen LogP contribution in [0.15, 0.2) is 18.3 Å². The molecule has 106 valence electrons. The summed E-state index contributed by atoms with van der Waals surface area (Å²) in [6.45, 7) is 8.12. The Bertz CT molecular complexity index is 364. The average molecular weight is 263 g/mol. The van der Waals surface area contributed by atoms with Gasteiger partial charge in [0.15, 0.2) is 0 Å². The SMILES string of the molecule is CCNCc1cc(OCCN2CCCCC2)ccn1. The lowest BCUT2D eigenvalue weighted by Crippen LogP contribution is -2.33. The maximum absolute atomic E-state index is 5.82. The Morgan fingerprint density at radius 1 is 1.32 bits per heavy atom. The first-order valence-electron chi connectivity index (χ1n) is 7.39. The monoisotopic (exact) mass is 263 g/mol. The van der Waals surface area contributed by atoms with Crippen LogP contribution in [0, 0.1) is 0 Å². The molecule has 1 saturated heterocycles. The van der Waals surface area contributed by atoms with Crippen molar-refractivity contribution in [2.45, 2.75) is 32.7 Å². The van der Waals surface area contributed by atoms with Crippen LogP contribution in [0.4, 0.5) is 0 Å². The third-order valence-electron chi connectivity index (χ3n) is 3.47. The number of piperidine rings is 1. The lowest BCUT2D eigenvalue weighted by molar-refractivity contribution is 0.183. The van der Waals surface area contributed by atoms with Gasteiger partial charge in [-0.25, -0.2) is 0 Å². The van der Waals surface area contributed by atoms with Gasteiger partial charge in [-0.2, -0.15) is 0 Å². The number of ether oxygens (including phenoxy) is 1. The van der Waals surface area contributed by atoms with Gasteiger partial charge in [-0.1, -0.05) is 13.3 Å². The number of hydrogen-bond acceptors (Lipinski definition) is 4.